The summed E-state index contributed by atoms with van der Waals surface area (Å²) in [5.74, 6) is -0.355. The number of rotatable bonds is 4. The predicted molar refractivity (Wildman–Crippen MR) is 94.8 cm³/mol. The molecule has 5 nitrogen and oxygen atoms in total. The maximum absolute atomic E-state index is 12.4. The monoisotopic (exact) mass is 341 g/mol. The zero-order valence-corrected chi connectivity index (χ0v) is 14.1. The number of ether oxygens (including phenoxy) is 1. The molecular formula is C18H15NO4S. The van der Waals surface area contributed by atoms with Crippen LogP contribution in [-0.4, -0.2) is 18.8 Å². The first-order valence-electron chi connectivity index (χ1n) is 7.42. The summed E-state index contributed by atoms with van der Waals surface area (Å²) in [6.45, 7) is 3.91. The second kappa shape index (κ2) is 6.80. The molecule has 0 aliphatic rings. The van der Waals surface area contributed by atoms with Gasteiger partial charge in [-0.1, -0.05) is 12.1 Å². The van der Waals surface area contributed by atoms with E-state index in [2.05, 4.69) is 4.99 Å². The van der Waals surface area contributed by atoms with Gasteiger partial charge in [0.2, 0.25) is 5.43 Å². The van der Waals surface area contributed by atoms with Crippen molar-refractivity contribution in [3.8, 4) is 0 Å². The lowest BCUT2D eigenvalue weighted by Crippen LogP contribution is -2.07. The molecule has 3 aromatic rings. The number of nitrogens with zero attached hydrogens (tertiary/aromatic N) is 1. The highest BCUT2D eigenvalue weighted by molar-refractivity contribution is 7.17. The third-order valence-electron chi connectivity index (χ3n) is 3.40. The Hall–Kier alpha value is -2.73. The van der Waals surface area contributed by atoms with E-state index in [9.17, 15) is 9.59 Å². The first kappa shape index (κ1) is 16.1. The van der Waals surface area contributed by atoms with Gasteiger partial charge >= 0.3 is 5.97 Å². The lowest BCUT2D eigenvalue weighted by atomic mass is 10.2. The second-order valence-electron chi connectivity index (χ2n) is 5.09. The van der Waals surface area contributed by atoms with E-state index in [0.717, 1.165) is 5.56 Å². The minimum Gasteiger partial charge on any atom is -0.463 e. The lowest BCUT2D eigenvalue weighted by Gasteiger charge is -1.98. The summed E-state index contributed by atoms with van der Waals surface area (Å²) < 4.78 is 10.5. The molecule has 2 aromatic heterocycles. The van der Waals surface area contributed by atoms with Crippen molar-refractivity contribution in [2.75, 3.05) is 6.61 Å². The van der Waals surface area contributed by atoms with Gasteiger partial charge in [-0.3, -0.25) is 4.79 Å². The molecule has 0 unspecified atom stereocenters. The number of hydrogen-bond acceptors (Lipinski definition) is 6. The molecule has 3 rings (SSSR count). The van der Waals surface area contributed by atoms with Crippen LogP contribution in [0.2, 0.25) is 0 Å². The van der Waals surface area contributed by atoms with Gasteiger partial charge in [-0.15, -0.1) is 11.3 Å². The maximum Gasteiger partial charge on any atom is 0.348 e. The fraction of sp³-hybridized carbons (Fsp3) is 0.167. The zero-order chi connectivity index (χ0) is 17.1. The average Bonchev–Trinajstić information content (AvgIpc) is 2.96. The van der Waals surface area contributed by atoms with Gasteiger partial charge in [-0.05, 0) is 37.6 Å². The van der Waals surface area contributed by atoms with Crippen LogP contribution in [0.5, 0.6) is 0 Å². The van der Waals surface area contributed by atoms with Crippen molar-refractivity contribution in [2.24, 2.45) is 4.99 Å². The summed E-state index contributed by atoms with van der Waals surface area (Å²) in [6.07, 6.45) is 2.85. The number of aryl methyl sites for hydroxylation is 1. The highest BCUT2D eigenvalue weighted by Gasteiger charge is 2.14. The fourth-order valence-electron chi connectivity index (χ4n) is 2.24. The Morgan fingerprint density at radius 3 is 2.96 bits per heavy atom. The van der Waals surface area contributed by atoms with Crippen molar-refractivity contribution in [3.05, 3.63) is 62.8 Å². The molecule has 0 N–H and O–H groups in total. The Morgan fingerprint density at radius 2 is 2.17 bits per heavy atom. The van der Waals surface area contributed by atoms with Crippen LogP contribution in [0.3, 0.4) is 0 Å². The third-order valence-corrected chi connectivity index (χ3v) is 4.53. The van der Waals surface area contributed by atoms with Gasteiger partial charge in [-0.2, -0.15) is 0 Å². The van der Waals surface area contributed by atoms with E-state index in [1.54, 1.807) is 31.2 Å². The number of para-hydroxylation sites is 1. The Bertz CT molecular complexity index is 984. The van der Waals surface area contributed by atoms with Crippen LogP contribution in [0.4, 0.5) is 5.00 Å². The number of benzene rings is 1. The number of aliphatic imine (C=N–C) groups is 1. The van der Waals surface area contributed by atoms with Crippen molar-refractivity contribution < 1.29 is 13.9 Å². The van der Waals surface area contributed by atoms with Crippen molar-refractivity contribution in [3.63, 3.8) is 0 Å². The molecule has 0 spiro atoms. The van der Waals surface area contributed by atoms with Crippen molar-refractivity contribution >= 4 is 39.5 Å². The summed E-state index contributed by atoms with van der Waals surface area (Å²) in [7, 11) is 0. The molecular weight excluding hydrogens is 326 g/mol. The van der Waals surface area contributed by atoms with E-state index in [0.29, 0.717) is 33.0 Å². The van der Waals surface area contributed by atoms with E-state index in [4.69, 9.17) is 9.15 Å². The van der Waals surface area contributed by atoms with Crippen LogP contribution in [0.1, 0.15) is 27.7 Å². The van der Waals surface area contributed by atoms with E-state index in [1.807, 2.05) is 13.0 Å². The Balaban J connectivity index is 1.92. The minimum absolute atomic E-state index is 0.139. The van der Waals surface area contributed by atoms with E-state index in [-0.39, 0.29) is 11.4 Å². The van der Waals surface area contributed by atoms with Gasteiger partial charge in [0.15, 0.2) is 0 Å². The number of thiophene rings is 1. The van der Waals surface area contributed by atoms with Crippen LogP contribution in [0.25, 0.3) is 11.0 Å². The molecule has 1 aromatic carbocycles. The van der Waals surface area contributed by atoms with E-state index < -0.39 is 0 Å². The molecule has 0 saturated heterocycles. The standard InChI is InChI=1S/C18H15NO4S/c1-3-22-18(21)17-11(2)8-15(24-17)19-9-12-10-23-14-7-5-4-6-13(14)16(12)20/h4-10H,3H2,1-2H3. The van der Waals surface area contributed by atoms with Crippen molar-refractivity contribution in [1.29, 1.82) is 0 Å². The van der Waals surface area contributed by atoms with Gasteiger partial charge in [0, 0.05) is 6.21 Å². The molecule has 0 fully saturated rings. The van der Waals surface area contributed by atoms with Gasteiger partial charge in [-0.25, -0.2) is 9.79 Å². The van der Waals surface area contributed by atoms with Gasteiger partial charge in [0.25, 0.3) is 0 Å². The van der Waals surface area contributed by atoms with Crippen LogP contribution in [-0.2, 0) is 4.74 Å². The summed E-state index contributed by atoms with van der Waals surface area (Å²) in [5, 5.41) is 1.14. The molecule has 122 valence electrons. The van der Waals surface area contributed by atoms with Crippen LogP contribution >= 0.6 is 11.3 Å². The van der Waals surface area contributed by atoms with Gasteiger partial charge in [0.05, 0.1) is 17.6 Å². The molecule has 0 aliphatic heterocycles. The second-order valence-corrected chi connectivity index (χ2v) is 6.12. The minimum atomic E-state index is -0.355. The molecule has 2 heterocycles. The molecule has 6 heteroatoms. The van der Waals surface area contributed by atoms with Crippen LogP contribution < -0.4 is 5.43 Å². The first-order valence-corrected chi connectivity index (χ1v) is 8.24. The topological polar surface area (TPSA) is 68.9 Å². The summed E-state index contributed by atoms with van der Waals surface area (Å²) in [4.78, 5) is 29.0. The van der Waals surface area contributed by atoms with Crippen molar-refractivity contribution in [1.82, 2.24) is 0 Å². The Kier molecular flexibility index (Phi) is 4.57. The number of fused-ring (bicyclic) bond motifs is 1. The normalized spacial score (nSPS) is 11.2. The Morgan fingerprint density at radius 1 is 1.38 bits per heavy atom. The number of hydrogen-bond donors (Lipinski definition) is 0. The third kappa shape index (κ3) is 3.14. The van der Waals surface area contributed by atoms with Crippen LogP contribution in [0, 0.1) is 6.92 Å². The predicted octanol–water partition coefficient (Wildman–Crippen LogP) is 4.09. The number of carbonyl (C=O) groups is 1. The van der Waals surface area contributed by atoms with Crippen LogP contribution in [0.15, 0.2) is 50.8 Å². The fourth-order valence-corrected chi connectivity index (χ4v) is 3.16. The Labute approximate surface area is 142 Å². The highest BCUT2D eigenvalue weighted by atomic mass is 32.1. The number of esters is 1. The molecule has 0 amide bonds. The molecule has 24 heavy (non-hydrogen) atoms. The zero-order valence-electron chi connectivity index (χ0n) is 13.2. The smallest absolute Gasteiger partial charge is 0.348 e. The first-order chi connectivity index (χ1) is 11.6. The van der Waals surface area contributed by atoms with Gasteiger partial charge < -0.3 is 9.15 Å². The summed E-state index contributed by atoms with van der Waals surface area (Å²) in [6, 6.07) is 8.84. The largest absolute Gasteiger partial charge is 0.463 e. The quantitative estimate of drug-likeness (QED) is 0.529. The summed E-state index contributed by atoms with van der Waals surface area (Å²) in [5.41, 5.74) is 1.56. The van der Waals surface area contributed by atoms with Gasteiger partial charge in [0.1, 0.15) is 21.7 Å². The molecule has 0 bridgehead atoms. The molecule has 0 saturated carbocycles. The van der Waals surface area contributed by atoms with E-state index in [1.165, 1.54) is 23.8 Å². The average molecular weight is 341 g/mol. The molecule has 0 aliphatic carbocycles. The number of carbonyl (C=O) groups excluding carboxylic acids is 1. The maximum atomic E-state index is 12.4. The lowest BCUT2D eigenvalue weighted by molar-refractivity contribution is 0.0531. The molecule has 0 radical (unpaired) electrons. The van der Waals surface area contributed by atoms with Crippen molar-refractivity contribution in [2.45, 2.75) is 13.8 Å². The molecule has 0 atom stereocenters. The summed E-state index contributed by atoms with van der Waals surface area (Å²) >= 11 is 1.23. The SMILES string of the molecule is CCOC(=O)c1sc(N=Cc2coc3ccccc3c2=O)cc1C. The highest BCUT2D eigenvalue weighted by Crippen LogP contribution is 2.29. The van der Waals surface area contributed by atoms with E-state index >= 15 is 0 Å².